The maximum Gasteiger partial charge on any atom is 0.233 e. The minimum absolute atomic E-state index is 0.0533. The number of benzene rings is 1. The summed E-state index contributed by atoms with van der Waals surface area (Å²) in [7, 11) is 1.88. The number of amides is 1. The number of rotatable bonds is 8. The Morgan fingerprint density at radius 2 is 2.00 bits per heavy atom. The third-order valence-corrected chi connectivity index (χ3v) is 6.43. The molecule has 0 radical (unpaired) electrons. The molecule has 1 N–H and O–H groups in total. The van der Waals surface area contributed by atoms with Crippen LogP contribution in [0, 0.1) is 5.92 Å². The highest BCUT2D eigenvalue weighted by atomic mass is 35.5. The van der Waals surface area contributed by atoms with Crippen LogP contribution in [0.25, 0.3) is 0 Å². The number of carbonyl (C=O) groups excluding carboxylic acids is 1. The Morgan fingerprint density at radius 3 is 2.71 bits per heavy atom. The molecule has 1 aromatic carbocycles. The molecule has 1 aliphatic rings. The van der Waals surface area contributed by atoms with Gasteiger partial charge in [0, 0.05) is 18.6 Å². The van der Waals surface area contributed by atoms with Gasteiger partial charge in [-0.3, -0.25) is 4.79 Å². The molecule has 0 saturated heterocycles. The molecule has 1 heterocycles. The quantitative estimate of drug-likeness (QED) is 0.645. The molecule has 0 spiro atoms. The highest BCUT2D eigenvalue weighted by Gasteiger charge is 2.20. The molecule has 1 unspecified atom stereocenters. The molecular formula is C20H27ClN4O2S. The topological polar surface area (TPSA) is 69.0 Å². The van der Waals surface area contributed by atoms with Crippen molar-refractivity contribution in [1.29, 1.82) is 0 Å². The van der Waals surface area contributed by atoms with Gasteiger partial charge in [0.2, 0.25) is 5.91 Å². The van der Waals surface area contributed by atoms with E-state index in [4.69, 9.17) is 16.3 Å². The molecule has 1 aliphatic carbocycles. The summed E-state index contributed by atoms with van der Waals surface area (Å²) < 4.78 is 7.60. The van der Waals surface area contributed by atoms with Crippen molar-refractivity contribution in [3.8, 4) is 5.75 Å². The number of thioether (sulfide) groups is 1. The Morgan fingerprint density at radius 1 is 1.29 bits per heavy atom. The van der Waals surface area contributed by atoms with Crippen LogP contribution in [0.2, 0.25) is 5.02 Å². The molecule has 3 rings (SSSR count). The van der Waals surface area contributed by atoms with Crippen molar-refractivity contribution in [3.63, 3.8) is 0 Å². The van der Waals surface area contributed by atoms with Crippen molar-refractivity contribution in [3.05, 3.63) is 35.1 Å². The van der Waals surface area contributed by atoms with Gasteiger partial charge in [-0.05, 0) is 49.9 Å². The van der Waals surface area contributed by atoms with Gasteiger partial charge in [0.25, 0.3) is 0 Å². The normalized spacial score (nSPS) is 16.0. The fraction of sp³-hybridized carbons (Fsp3) is 0.550. The Bertz CT molecular complexity index is 775. The lowest BCUT2D eigenvalue weighted by atomic mass is 9.89. The first-order valence-corrected chi connectivity index (χ1v) is 11.0. The van der Waals surface area contributed by atoms with Crippen molar-refractivity contribution < 1.29 is 9.53 Å². The number of ether oxygens (including phenoxy) is 1. The van der Waals surface area contributed by atoms with Crippen molar-refractivity contribution in [1.82, 2.24) is 20.1 Å². The minimum atomic E-state index is -0.225. The predicted molar refractivity (Wildman–Crippen MR) is 112 cm³/mol. The van der Waals surface area contributed by atoms with Crippen molar-refractivity contribution >= 4 is 29.3 Å². The predicted octanol–water partition coefficient (Wildman–Crippen LogP) is 4.22. The van der Waals surface area contributed by atoms with Crippen LogP contribution in [-0.2, 0) is 18.4 Å². The second kappa shape index (κ2) is 10.2. The molecule has 6 nitrogen and oxygen atoms in total. The molecule has 1 atom stereocenters. The number of nitrogens with zero attached hydrogens (tertiary/aromatic N) is 3. The lowest BCUT2D eigenvalue weighted by Crippen LogP contribution is -2.35. The van der Waals surface area contributed by atoms with Crippen LogP contribution in [-0.4, -0.2) is 32.5 Å². The van der Waals surface area contributed by atoms with Gasteiger partial charge in [-0.15, -0.1) is 10.2 Å². The van der Waals surface area contributed by atoms with Gasteiger partial charge >= 0.3 is 0 Å². The number of aromatic nitrogens is 3. The summed E-state index contributed by atoms with van der Waals surface area (Å²) in [5, 5.41) is 12.6. The molecule has 1 saturated carbocycles. The van der Waals surface area contributed by atoms with E-state index in [1.807, 2.05) is 30.7 Å². The first-order valence-electron chi connectivity index (χ1n) is 9.74. The van der Waals surface area contributed by atoms with E-state index in [1.165, 1.54) is 43.9 Å². The van der Waals surface area contributed by atoms with E-state index in [0.717, 1.165) is 12.3 Å². The minimum Gasteiger partial charge on any atom is -0.486 e. The second-order valence-electron chi connectivity index (χ2n) is 7.21. The smallest absolute Gasteiger partial charge is 0.233 e. The Kier molecular flexibility index (Phi) is 7.62. The number of carbonyl (C=O) groups is 1. The van der Waals surface area contributed by atoms with Gasteiger partial charge in [-0.2, -0.15) is 0 Å². The zero-order valence-electron chi connectivity index (χ0n) is 16.4. The summed E-state index contributed by atoms with van der Waals surface area (Å²) in [6.45, 7) is 2.98. The zero-order chi connectivity index (χ0) is 19.9. The number of halogens is 1. The van der Waals surface area contributed by atoms with Gasteiger partial charge in [0.15, 0.2) is 11.0 Å². The van der Waals surface area contributed by atoms with Crippen LogP contribution in [0.15, 0.2) is 29.4 Å². The van der Waals surface area contributed by atoms with E-state index in [2.05, 4.69) is 15.5 Å². The molecule has 2 aromatic rings. The maximum absolute atomic E-state index is 12.4. The monoisotopic (exact) mass is 422 g/mol. The second-order valence-corrected chi connectivity index (χ2v) is 8.95. The highest BCUT2D eigenvalue weighted by Crippen LogP contribution is 2.24. The third-order valence-electron chi connectivity index (χ3n) is 5.05. The van der Waals surface area contributed by atoms with E-state index < -0.39 is 0 Å². The Labute approximate surface area is 175 Å². The van der Waals surface area contributed by atoms with Gasteiger partial charge in [-0.1, -0.05) is 42.6 Å². The van der Waals surface area contributed by atoms with E-state index in [9.17, 15) is 4.79 Å². The van der Waals surface area contributed by atoms with Gasteiger partial charge in [0.1, 0.15) is 12.4 Å². The third kappa shape index (κ3) is 5.88. The van der Waals surface area contributed by atoms with Gasteiger partial charge in [0.05, 0.1) is 5.25 Å². The SMILES string of the molecule is CC(Sc1nnc(COc2ccc(Cl)cc2)n1C)C(=O)NCC1CCCCC1. The standard InChI is InChI=1S/C20H27ClN4O2S/c1-14(19(26)22-12-15-6-4-3-5-7-15)28-20-24-23-18(25(20)2)13-27-17-10-8-16(21)9-11-17/h8-11,14-15H,3-7,12-13H2,1-2H3,(H,22,26). The van der Waals surface area contributed by atoms with Crippen molar-refractivity contribution in [2.75, 3.05) is 6.54 Å². The number of nitrogens with one attached hydrogen (secondary N) is 1. The number of hydrogen-bond acceptors (Lipinski definition) is 5. The summed E-state index contributed by atoms with van der Waals surface area (Å²) in [5.41, 5.74) is 0. The Balaban J connectivity index is 1.48. The van der Waals surface area contributed by atoms with Crippen LogP contribution in [0.4, 0.5) is 0 Å². The van der Waals surface area contributed by atoms with E-state index >= 15 is 0 Å². The first kappa shape index (κ1) is 21.0. The molecule has 1 aromatic heterocycles. The van der Waals surface area contributed by atoms with Crippen LogP contribution in [0.5, 0.6) is 5.75 Å². The average molecular weight is 423 g/mol. The summed E-state index contributed by atoms with van der Waals surface area (Å²) in [6.07, 6.45) is 6.34. The molecule has 8 heteroatoms. The lowest BCUT2D eigenvalue weighted by Gasteiger charge is -2.22. The summed E-state index contributed by atoms with van der Waals surface area (Å²) in [6, 6.07) is 7.19. The molecule has 1 amide bonds. The van der Waals surface area contributed by atoms with E-state index in [1.54, 1.807) is 12.1 Å². The highest BCUT2D eigenvalue weighted by molar-refractivity contribution is 8.00. The zero-order valence-corrected chi connectivity index (χ0v) is 17.9. The van der Waals surface area contributed by atoms with Crippen molar-refractivity contribution in [2.45, 2.75) is 56.0 Å². The van der Waals surface area contributed by atoms with Crippen molar-refractivity contribution in [2.24, 2.45) is 13.0 Å². The summed E-state index contributed by atoms with van der Waals surface area (Å²) in [5.74, 6) is 2.10. The summed E-state index contributed by atoms with van der Waals surface area (Å²) in [4.78, 5) is 12.4. The molecule has 152 valence electrons. The first-order chi connectivity index (χ1) is 13.5. The summed E-state index contributed by atoms with van der Waals surface area (Å²) >= 11 is 7.29. The van der Waals surface area contributed by atoms with Gasteiger partial charge < -0.3 is 14.6 Å². The lowest BCUT2D eigenvalue weighted by molar-refractivity contribution is -0.120. The molecule has 0 aliphatic heterocycles. The largest absolute Gasteiger partial charge is 0.486 e. The average Bonchev–Trinajstić information content (AvgIpc) is 3.06. The number of hydrogen-bond donors (Lipinski definition) is 1. The fourth-order valence-corrected chi connectivity index (χ4v) is 4.23. The van der Waals surface area contributed by atoms with Crippen LogP contribution < -0.4 is 10.1 Å². The molecule has 28 heavy (non-hydrogen) atoms. The van der Waals surface area contributed by atoms with E-state index in [0.29, 0.717) is 28.5 Å². The molecule has 1 fully saturated rings. The maximum atomic E-state index is 12.4. The van der Waals surface area contributed by atoms with Gasteiger partial charge in [-0.25, -0.2) is 0 Å². The Hall–Kier alpha value is -1.73. The van der Waals surface area contributed by atoms with Crippen LogP contribution in [0.1, 0.15) is 44.9 Å². The van der Waals surface area contributed by atoms with Crippen LogP contribution >= 0.6 is 23.4 Å². The van der Waals surface area contributed by atoms with Crippen LogP contribution in [0.3, 0.4) is 0 Å². The van der Waals surface area contributed by atoms with E-state index in [-0.39, 0.29) is 11.2 Å². The molecule has 0 bridgehead atoms. The fourth-order valence-electron chi connectivity index (χ4n) is 3.24. The molecular weight excluding hydrogens is 396 g/mol.